The van der Waals surface area contributed by atoms with E-state index in [1.165, 1.54) is 6.08 Å². The predicted molar refractivity (Wildman–Crippen MR) is 260 cm³/mol. The Hall–Kier alpha value is -7.22. The Kier molecular flexibility index (Phi) is 11.9. The van der Waals surface area contributed by atoms with E-state index >= 15 is 0 Å². The van der Waals surface area contributed by atoms with Crippen molar-refractivity contribution in [3.05, 3.63) is 169 Å². The minimum absolute atomic E-state index is 0. The second-order valence-electron chi connectivity index (χ2n) is 17.3. The smallest absolute Gasteiger partial charge is 0.657 e. The van der Waals surface area contributed by atoms with E-state index in [4.69, 9.17) is 19.9 Å². The zero-order valence-electron chi connectivity index (χ0n) is 37.8. The molecule has 3 aromatic heterocycles. The van der Waals surface area contributed by atoms with Crippen molar-refractivity contribution in [1.29, 1.82) is 0 Å². The maximum Gasteiger partial charge on any atom is 2.00 e. The molecule has 0 atom stereocenters. The van der Waals surface area contributed by atoms with Gasteiger partial charge in [0.25, 0.3) is 0 Å². The standard InChI is InChI=1S/C56H48N4O4.Zn/c1-29-15-30(2)20-37(19-29)50-43-9-10-44(57-43)51(38-21-31(3)16-32(4)22-38)46-13-14-48(59-46)53(40-25-35(7)18-36(8)26-40)54-41(27-42(55(61)62)56(63)64)28-49(60-54)52(47-12-11-45(50)58-47)39-23-33(5)17-34(6)24-39;/h9-28H,1-8H3,(H4,57,58,59,60,61,62,63,64);/q;+2/p-2. The van der Waals surface area contributed by atoms with Crippen LogP contribution in [0.1, 0.15) is 72.8 Å². The van der Waals surface area contributed by atoms with E-state index in [1.807, 2.05) is 52.0 Å². The van der Waals surface area contributed by atoms with Crippen molar-refractivity contribution >= 4 is 64.4 Å². The second kappa shape index (κ2) is 17.4. The van der Waals surface area contributed by atoms with Crippen LogP contribution in [0.15, 0.2) is 96.6 Å². The molecule has 0 aliphatic carbocycles. The molecule has 0 fully saturated rings. The summed E-state index contributed by atoms with van der Waals surface area (Å²) in [6.07, 6.45) is 9.15. The number of hydrogen-bond acceptors (Lipinski definition) is 4. The van der Waals surface area contributed by atoms with Crippen molar-refractivity contribution in [3.63, 3.8) is 0 Å². The first-order chi connectivity index (χ1) is 30.6. The molecular formula is C56H46N4O4Zn. The minimum atomic E-state index is -1.56. The Morgan fingerprint density at radius 3 is 1.08 bits per heavy atom. The fraction of sp³-hybridized carbons (Fsp3) is 0.143. The molecule has 0 radical (unpaired) electrons. The number of aromatic nitrogens is 4. The molecule has 2 aliphatic heterocycles. The molecule has 0 saturated heterocycles. The van der Waals surface area contributed by atoms with Gasteiger partial charge in [0.1, 0.15) is 5.57 Å². The number of carbonyl (C=O) groups is 2. The molecule has 8 nitrogen and oxygen atoms in total. The molecule has 0 saturated carbocycles. The van der Waals surface area contributed by atoms with Gasteiger partial charge in [0.2, 0.25) is 0 Å². The van der Waals surface area contributed by atoms with E-state index < -0.39 is 17.5 Å². The quantitative estimate of drug-likeness (QED) is 0.0700. The molecule has 65 heavy (non-hydrogen) atoms. The molecule has 9 rings (SSSR count). The van der Waals surface area contributed by atoms with Gasteiger partial charge in [-0.1, -0.05) is 136 Å². The third-order valence-corrected chi connectivity index (χ3v) is 11.5. The van der Waals surface area contributed by atoms with E-state index in [1.54, 1.807) is 6.07 Å². The van der Waals surface area contributed by atoms with Crippen molar-refractivity contribution in [2.24, 2.45) is 0 Å². The van der Waals surface area contributed by atoms with Crippen LogP contribution in [0.5, 0.6) is 0 Å². The summed E-state index contributed by atoms with van der Waals surface area (Å²) in [5, 5.41) is 20.5. The summed E-state index contributed by atoms with van der Waals surface area (Å²) in [7, 11) is 0. The number of benzene rings is 4. The van der Waals surface area contributed by atoms with Gasteiger partial charge in [-0.15, -0.1) is 22.1 Å². The number of hydrogen-bond donors (Lipinski definition) is 2. The number of aliphatic carboxylic acids is 2. The van der Waals surface area contributed by atoms with Crippen molar-refractivity contribution < 1.29 is 39.3 Å². The van der Waals surface area contributed by atoms with Crippen LogP contribution >= 0.6 is 0 Å². The molecule has 4 aromatic carbocycles. The van der Waals surface area contributed by atoms with E-state index in [0.29, 0.717) is 50.5 Å². The molecule has 9 heteroatoms. The molecule has 5 heterocycles. The van der Waals surface area contributed by atoms with Crippen molar-refractivity contribution in [1.82, 2.24) is 19.9 Å². The van der Waals surface area contributed by atoms with E-state index in [0.717, 1.165) is 88.9 Å². The number of nitrogens with zero attached hydrogens (tertiary/aromatic N) is 4. The first kappa shape index (κ1) is 44.4. The molecule has 0 amide bonds. The van der Waals surface area contributed by atoms with Crippen LogP contribution in [0, 0.1) is 55.4 Å². The largest absolute Gasteiger partial charge is 2.00 e. The second-order valence-corrected chi connectivity index (χ2v) is 17.3. The summed E-state index contributed by atoms with van der Waals surface area (Å²) in [6.45, 7) is 16.5. The SMILES string of the molecule is Cc1cc(C)cc(-c2c3nc(c(-c4cc(C)cc(C)c4)c4cc(C=C(C(=O)O)C(=O)O)c([n-]4)c(-c4cc(C)cc(C)c4)c4nc(c(-c5cc(C)cc(C)c5)c5ccc2[n-]5)C=C4)C=C3)c1.[Zn+2]. The van der Waals surface area contributed by atoms with Crippen molar-refractivity contribution in [3.8, 4) is 44.5 Å². The Morgan fingerprint density at radius 2 is 0.738 bits per heavy atom. The van der Waals surface area contributed by atoms with Crippen LogP contribution in [0.4, 0.5) is 0 Å². The van der Waals surface area contributed by atoms with Gasteiger partial charge >= 0.3 is 31.4 Å². The van der Waals surface area contributed by atoms with Crippen LogP contribution in [-0.2, 0) is 29.1 Å². The molecule has 0 unspecified atom stereocenters. The summed E-state index contributed by atoms with van der Waals surface area (Å²) >= 11 is 0. The van der Waals surface area contributed by atoms with Gasteiger partial charge in [-0.05, 0) is 136 Å². The molecule has 2 aliphatic rings. The first-order valence-electron chi connectivity index (χ1n) is 21.2. The van der Waals surface area contributed by atoms with Gasteiger partial charge in [-0.3, -0.25) is 0 Å². The summed E-state index contributed by atoms with van der Waals surface area (Å²) < 4.78 is 0. The van der Waals surface area contributed by atoms with Crippen molar-refractivity contribution in [2.75, 3.05) is 0 Å². The molecule has 8 bridgehead atoms. The number of rotatable bonds is 7. The third-order valence-electron chi connectivity index (χ3n) is 11.5. The van der Waals surface area contributed by atoms with E-state index in [9.17, 15) is 19.8 Å². The van der Waals surface area contributed by atoms with Crippen LogP contribution in [0.2, 0.25) is 0 Å². The molecule has 7 aromatic rings. The maximum atomic E-state index is 12.6. The molecule has 2 N–H and O–H groups in total. The van der Waals surface area contributed by atoms with Crippen molar-refractivity contribution in [2.45, 2.75) is 55.4 Å². The maximum absolute atomic E-state index is 12.6. The Balaban J connectivity index is 0.00000576. The third kappa shape index (κ3) is 8.72. The minimum Gasteiger partial charge on any atom is -0.657 e. The average molecular weight is 904 g/mol. The fourth-order valence-corrected chi connectivity index (χ4v) is 9.33. The predicted octanol–water partition coefficient (Wildman–Crippen LogP) is 12.6. The van der Waals surface area contributed by atoms with Gasteiger partial charge in [-0.2, -0.15) is 0 Å². The summed E-state index contributed by atoms with van der Waals surface area (Å²) in [6, 6.07) is 31.3. The van der Waals surface area contributed by atoms with Gasteiger partial charge in [-0.25, -0.2) is 19.6 Å². The van der Waals surface area contributed by atoms with Crippen LogP contribution in [0.25, 0.3) is 97.0 Å². The monoisotopic (exact) mass is 902 g/mol. The number of aryl methyl sites for hydroxylation is 8. The Bertz CT molecular complexity index is 3340. The normalized spacial score (nSPS) is 11.7. The number of carboxylic acid groups (broad SMARTS) is 2. The zero-order valence-corrected chi connectivity index (χ0v) is 40.7. The van der Waals surface area contributed by atoms with Crippen LogP contribution < -0.4 is 9.97 Å². The first-order valence-corrected chi connectivity index (χ1v) is 21.2. The van der Waals surface area contributed by atoms with Gasteiger partial charge < -0.3 is 20.2 Å². The van der Waals surface area contributed by atoms with Crippen LogP contribution in [-0.4, -0.2) is 32.1 Å². The Labute approximate surface area is 391 Å². The topological polar surface area (TPSA) is 129 Å². The molecular weight excluding hydrogens is 858 g/mol. The van der Waals surface area contributed by atoms with Crippen LogP contribution in [0.3, 0.4) is 0 Å². The van der Waals surface area contributed by atoms with Gasteiger partial charge in [0, 0.05) is 0 Å². The van der Waals surface area contributed by atoms with Gasteiger partial charge in [0.05, 0.1) is 22.8 Å². The zero-order chi connectivity index (χ0) is 45.1. The summed E-state index contributed by atoms with van der Waals surface area (Å²) in [5.41, 5.74) is 19.6. The molecule has 316 valence electrons. The number of carboxylic acids is 2. The van der Waals surface area contributed by atoms with E-state index in [-0.39, 0.29) is 19.5 Å². The average Bonchev–Trinajstić information content (AvgIpc) is 4.03. The summed E-state index contributed by atoms with van der Waals surface area (Å²) in [5.74, 6) is -3.13. The fourth-order valence-electron chi connectivity index (χ4n) is 9.33. The van der Waals surface area contributed by atoms with Gasteiger partial charge in [0.15, 0.2) is 0 Å². The number of fused-ring (bicyclic) bond motifs is 8. The Morgan fingerprint density at radius 1 is 0.431 bits per heavy atom. The summed E-state index contributed by atoms with van der Waals surface area (Å²) in [4.78, 5) is 46.8. The van der Waals surface area contributed by atoms with E-state index in [2.05, 4.69) is 113 Å². The molecule has 0 spiro atoms.